The van der Waals surface area contributed by atoms with E-state index in [-0.39, 0.29) is 38.2 Å². The normalized spacial score (nSPS) is 29.9. The largest absolute Gasteiger partial charge is 3.00 e. The van der Waals surface area contributed by atoms with Crippen LogP contribution >= 0.6 is 0 Å². The molecule has 1 saturated heterocycles. The third kappa shape index (κ3) is 15.8. The Bertz CT molecular complexity index is 400. The Hall–Kier alpha value is 1.46. The first-order valence-electron chi connectivity index (χ1n) is 11.6. The summed E-state index contributed by atoms with van der Waals surface area (Å²) in [4.78, 5) is 5.16. The molecule has 0 radical (unpaired) electrons. The summed E-state index contributed by atoms with van der Waals surface area (Å²) in [5.74, 6) is 4.39. The van der Waals surface area contributed by atoms with Crippen molar-refractivity contribution in [3.63, 3.8) is 0 Å². The summed E-state index contributed by atoms with van der Waals surface area (Å²) < 4.78 is 4.94. The number of hydrogen-bond donors (Lipinski definition) is 0. The minimum absolute atomic E-state index is 0. The monoisotopic (exact) mass is 516 g/mol. The van der Waals surface area contributed by atoms with E-state index in [1.165, 1.54) is 18.9 Å². The summed E-state index contributed by atoms with van der Waals surface area (Å²) in [6.45, 7) is 34.0. The maximum absolute atomic E-state index is 5.16. The molecule has 2 nitrogen and oxygen atoms in total. The molecule has 0 spiro atoms. The Morgan fingerprint density at radius 1 is 0.828 bits per heavy atom. The summed E-state index contributed by atoms with van der Waals surface area (Å²) in [6, 6.07) is 1.38. The molecular weight excluding hydrogens is 463 g/mol. The smallest absolute Gasteiger partial charge is 0.660 e. The fourth-order valence-electron chi connectivity index (χ4n) is 4.63. The molecule has 4 unspecified atom stereocenters. The van der Waals surface area contributed by atoms with Crippen LogP contribution < -0.4 is 0 Å². The van der Waals surface area contributed by atoms with E-state index in [1.807, 2.05) is 0 Å². The molecule has 0 amide bonds. The molecule has 2 fully saturated rings. The predicted molar refractivity (Wildman–Crippen MR) is 134 cm³/mol. The van der Waals surface area contributed by atoms with E-state index in [0.717, 1.165) is 42.8 Å². The Balaban J connectivity index is 0. The molecule has 2 rings (SSSR count). The second kappa shape index (κ2) is 13.9. The molecule has 0 aromatic rings. The van der Waals surface area contributed by atoms with Crippen molar-refractivity contribution >= 4 is 16.3 Å². The van der Waals surface area contributed by atoms with Gasteiger partial charge in [-0.25, -0.2) is 0 Å². The Morgan fingerprint density at radius 2 is 1.17 bits per heavy atom. The summed E-state index contributed by atoms with van der Waals surface area (Å²) in [6.07, 6.45) is 2.56. The molecule has 0 N–H and O–H groups in total. The van der Waals surface area contributed by atoms with Crippen LogP contribution in [0.1, 0.15) is 61.3 Å². The van der Waals surface area contributed by atoms with Gasteiger partial charge in [0.25, 0.3) is 0 Å². The van der Waals surface area contributed by atoms with Crippen molar-refractivity contribution in [1.82, 2.24) is 0 Å². The number of hydrogen-bond acceptors (Lipinski definition) is 1. The topological polar surface area (TPSA) is 23.3 Å². The molecule has 0 aromatic carbocycles. The third-order valence-electron chi connectivity index (χ3n) is 6.04. The quantitative estimate of drug-likeness (QED) is 0.275. The van der Waals surface area contributed by atoms with E-state index in [4.69, 9.17) is 9.72 Å². The average Bonchev–Trinajstić information content (AvgIpc) is 3.09. The number of nitrogens with zero attached hydrogens (tertiary/aromatic N) is 1. The summed E-state index contributed by atoms with van der Waals surface area (Å²) in [5, 5.41) is 0. The van der Waals surface area contributed by atoms with E-state index >= 15 is 0 Å². The van der Waals surface area contributed by atoms with E-state index in [1.54, 1.807) is 0 Å². The van der Waals surface area contributed by atoms with Crippen LogP contribution in [0.5, 0.6) is 0 Å². The second-order valence-corrected chi connectivity index (χ2v) is 21.7. The van der Waals surface area contributed by atoms with Gasteiger partial charge >= 0.3 is 32.7 Å². The maximum atomic E-state index is 5.16. The van der Waals surface area contributed by atoms with Gasteiger partial charge in [-0.3, -0.25) is 0 Å². The summed E-state index contributed by atoms with van der Waals surface area (Å²) >= 11 is 0. The maximum Gasteiger partial charge on any atom is 3.00 e. The molecule has 1 saturated carbocycles. The van der Waals surface area contributed by atoms with Crippen LogP contribution in [0.4, 0.5) is 0 Å². The minimum Gasteiger partial charge on any atom is -0.660 e. The molecule has 0 aromatic heterocycles. The zero-order valence-electron chi connectivity index (χ0n) is 22.1. The van der Waals surface area contributed by atoms with Crippen LogP contribution in [0.25, 0.3) is 4.98 Å². The van der Waals surface area contributed by atoms with E-state index in [2.05, 4.69) is 87.7 Å². The zero-order chi connectivity index (χ0) is 22.3. The van der Waals surface area contributed by atoms with Crippen LogP contribution in [-0.2, 0) is 37.4 Å². The third-order valence-corrected chi connectivity index (χ3v) is 8.79. The van der Waals surface area contributed by atoms with Crippen LogP contribution in [0.3, 0.4) is 0 Å². The van der Waals surface area contributed by atoms with Crippen molar-refractivity contribution in [2.75, 3.05) is 13.2 Å². The fourth-order valence-corrected chi connectivity index (χ4v) is 8.43. The van der Waals surface area contributed by atoms with Crippen LogP contribution in [0.2, 0.25) is 38.8 Å². The molecule has 1 heterocycles. The molecular formula is C24H53NOSi2Y+. The van der Waals surface area contributed by atoms with E-state index in [0.29, 0.717) is 0 Å². The average molecular weight is 517 g/mol. The zero-order valence-corrected chi connectivity index (χ0v) is 26.9. The molecule has 5 heteroatoms. The van der Waals surface area contributed by atoms with Gasteiger partial charge < -0.3 is 16.3 Å². The molecule has 1 aliphatic carbocycles. The molecule has 29 heavy (non-hydrogen) atoms. The summed E-state index contributed by atoms with van der Waals surface area (Å²) in [5.41, 5.74) is 0.137. The first-order valence-corrected chi connectivity index (χ1v) is 18.5. The van der Waals surface area contributed by atoms with Crippen LogP contribution in [0, 0.1) is 36.1 Å². The van der Waals surface area contributed by atoms with Crippen molar-refractivity contribution < 1.29 is 37.4 Å². The number of ether oxygens (including phenoxy) is 1. The molecule has 0 bridgehead atoms. The SMILES string of the molecule is C1CCOC1.CC1C(C)C(C)C(C[Si](C)(C)[N-]C(C)(C)C)C1C.[CH2-][Si](C)(C)C.[Y+3]. The molecule has 2 aliphatic rings. The van der Waals surface area contributed by atoms with Crippen molar-refractivity contribution in [3.05, 3.63) is 11.5 Å². The van der Waals surface area contributed by atoms with Gasteiger partial charge in [0.15, 0.2) is 0 Å². The first kappa shape index (κ1) is 32.6. The predicted octanol–water partition coefficient (Wildman–Crippen LogP) is 8.03. The van der Waals surface area contributed by atoms with Gasteiger partial charge in [0.05, 0.1) is 0 Å². The van der Waals surface area contributed by atoms with E-state index < -0.39 is 16.3 Å². The van der Waals surface area contributed by atoms with Crippen LogP contribution in [-0.4, -0.2) is 35.1 Å². The van der Waals surface area contributed by atoms with Crippen molar-refractivity contribution in [2.45, 2.75) is 106 Å². The van der Waals surface area contributed by atoms with Gasteiger partial charge in [0, 0.05) is 13.2 Å². The fraction of sp³-hybridized carbons (Fsp3) is 0.958. The molecule has 170 valence electrons. The number of rotatable bonds is 3. The van der Waals surface area contributed by atoms with Crippen molar-refractivity contribution in [2.24, 2.45) is 29.6 Å². The van der Waals surface area contributed by atoms with Crippen molar-refractivity contribution in [1.29, 1.82) is 0 Å². The Kier molecular flexibility index (Phi) is 15.6. The summed E-state index contributed by atoms with van der Waals surface area (Å²) in [7, 11) is -2.28. The molecule has 4 atom stereocenters. The van der Waals surface area contributed by atoms with E-state index in [9.17, 15) is 0 Å². The van der Waals surface area contributed by atoms with Crippen LogP contribution in [0.15, 0.2) is 0 Å². The standard InChI is InChI=1S/C16H34NSi.C4H8O.C4H11Si.Y/c1-11-12(2)14(4)15(13(11)3)10-18(8,9)17-16(5,6)7;1-2-4-5-3-1;1-5(2,3)4;/h11-15H,10H2,1-9H3;1-4H2;1H2,2-4H3;/q-1;;-1;+3. The van der Waals surface area contributed by atoms with Crippen molar-refractivity contribution in [3.8, 4) is 0 Å². The van der Waals surface area contributed by atoms with Gasteiger partial charge in [0.1, 0.15) is 0 Å². The second-order valence-electron chi connectivity index (χ2n) is 12.3. The van der Waals surface area contributed by atoms with Gasteiger partial charge in [-0.15, -0.1) is 13.6 Å². The minimum atomic E-state index is -1.42. The first-order chi connectivity index (χ1) is 12.4. The van der Waals surface area contributed by atoms with Gasteiger partial charge in [0.2, 0.25) is 0 Å². The van der Waals surface area contributed by atoms with Gasteiger partial charge in [-0.1, -0.05) is 95.5 Å². The Morgan fingerprint density at radius 3 is 1.41 bits per heavy atom. The van der Waals surface area contributed by atoms with Gasteiger partial charge in [-0.05, 0) is 42.4 Å². The molecule has 1 aliphatic heterocycles. The van der Waals surface area contributed by atoms with Gasteiger partial charge in [-0.2, -0.15) is 0 Å². The Labute approximate surface area is 212 Å².